The minimum absolute atomic E-state index is 0.422. The summed E-state index contributed by atoms with van der Waals surface area (Å²) in [5, 5.41) is 0. The first-order valence-corrected chi connectivity index (χ1v) is 9.15. The van der Waals surface area contributed by atoms with Crippen LogP contribution in [0, 0.1) is 13.8 Å². The Morgan fingerprint density at radius 3 is 2.24 bits per heavy atom. The second-order valence-electron chi connectivity index (χ2n) is 5.56. The Morgan fingerprint density at radius 2 is 1.67 bits per heavy atom. The summed E-state index contributed by atoms with van der Waals surface area (Å²) >= 11 is 0. The van der Waals surface area contributed by atoms with Crippen LogP contribution in [0.3, 0.4) is 0 Å². The second kappa shape index (κ2) is 6.79. The van der Waals surface area contributed by atoms with Crippen molar-refractivity contribution in [2.75, 3.05) is 19.7 Å². The van der Waals surface area contributed by atoms with Gasteiger partial charge in [0.25, 0.3) is 0 Å². The third kappa shape index (κ3) is 3.40. The fourth-order valence-electron chi connectivity index (χ4n) is 2.78. The van der Waals surface area contributed by atoms with Gasteiger partial charge in [0.2, 0.25) is 10.0 Å². The standard InChI is InChI=1S/C16H25NO3S/c1-4-20-15-9-10-16(14(3)13(15)2)21(18,19)17-11-7-5-6-8-12-17/h9-10H,4-8,11-12H2,1-3H3. The maximum atomic E-state index is 12.9. The molecule has 1 aromatic carbocycles. The molecule has 0 spiro atoms. The van der Waals surface area contributed by atoms with Gasteiger partial charge in [0.1, 0.15) is 5.75 Å². The number of sulfonamides is 1. The summed E-state index contributed by atoms with van der Waals surface area (Å²) in [5.74, 6) is 0.768. The quantitative estimate of drug-likeness (QED) is 0.857. The molecule has 0 atom stereocenters. The number of nitrogens with zero attached hydrogens (tertiary/aromatic N) is 1. The van der Waals surface area contributed by atoms with E-state index < -0.39 is 10.0 Å². The van der Waals surface area contributed by atoms with Gasteiger partial charge < -0.3 is 4.74 Å². The summed E-state index contributed by atoms with van der Waals surface area (Å²) in [6.45, 7) is 7.56. The number of hydrogen-bond donors (Lipinski definition) is 0. The highest BCUT2D eigenvalue weighted by Gasteiger charge is 2.27. The molecule has 0 bridgehead atoms. The van der Waals surface area contributed by atoms with E-state index in [0.29, 0.717) is 24.6 Å². The third-order valence-electron chi connectivity index (χ3n) is 4.17. The molecule has 1 heterocycles. The Kier molecular flexibility index (Phi) is 5.27. The Labute approximate surface area is 128 Å². The molecule has 21 heavy (non-hydrogen) atoms. The zero-order chi connectivity index (χ0) is 15.5. The first-order valence-electron chi connectivity index (χ1n) is 7.71. The molecule has 1 saturated heterocycles. The molecular formula is C16H25NO3S. The van der Waals surface area contributed by atoms with Gasteiger partial charge in [-0.15, -0.1) is 0 Å². The van der Waals surface area contributed by atoms with Crippen molar-refractivity contribution in [3.05, 3.63) is 23.3 Å². The second-order valence-corrected chi connectivity index (χ2v) is 7.47. The van der Waals surface area contributed by atoms with Crippen molar-refractivity contribution in [1.29, 1.82) is 0 Å². The van der Waals surface area contributed by atoms with Gasteiger partial charge in [0.15, 0.2) is 0 Å². The predicted molar refractivity (Wildman–Crippen MR) is 84.3 cm³/mol. The average molecular weight is 311 g/mol. The van der Waals surface area contributed by atoms with Crippen LogP contribution in [0.25, 0.3) is 0 Å². The molecule has 1 fully saturated rings. The van der Waals surface area contributed by atoms with E-state index in [2.05, 4.69) is 0 Å². The molecule has 0 saturated carbocycles. The molecule has 2 rings (SSSR count). The highest BCUT2D eigenvalue weighted by molar-refractivity contribution is 7.89. The molecular weight excluding hydrogens is 286 g/mol. The molecule has 5 heteroatoms. The predicted octanol–water partition coefficient (Wildman–Crippen LogP) is 3.27. The summed E-state index contributed by atoms with van der Waals surface area (Å²) in [5.41, 5.74) is 1.71. The van der Waals surface area contributed by atoms with E-state index in [-0.39, 0.29) is 0 Å². The Balaban J connectivity index is 2.37. The van der Waals surface area contributed by atoms with E-state index in [0.717, 1.165) is 42.6 Å². The van der Waals surface area contributed by atoms with E-state index in [1.54, 1.807) is 16.4 Å². The van der Waals surface area contributed by atoms with E-state index in [1.807, 2.05) is 20.8 Å². The van der Waals surface area contributed by atoms with Gasteiger partial charge in [-0.1, -0.05) is 12.8 Å². The van der Waals surface area contributed by atoms with Crippen LogP contribution in [0.2, 0.25) is 0 Å². The summed E-state index contributed by atoms with van der Waals surface area (Å²) in [4.78, 5) is 0.422. The lowest BCUT2D eigenvalue weighted by atomic mass is 10.1. The van der Waals surface area contributed by atoms with Crippen molar-refractivity contribution in [2.24, 2.45) is 0 Å². The van der Waals surface area contributed by atoms with Gasteiger partial charge in [-0.2, -0.15) is 4.31 Å². The van der Waals surface area contributed by atoms with Gasteiger partial charge in [-0.3, -0.25) is 0 Å². The van der Waals surface area contributed by atoms with Crippen molar-refractivity contribution >= 4 is 10.0 Å². The molecule has 1 aliphatic heterocycles. The molecule has 1 aromatic rings. The Bertz CT molecular complexity index is 588. The first-order chi connectivity index (χ1) is 9.98. The molecule has 4 nitrogen and oxygen atoms in total. The van der Waals surface area contributed by atoms with Crippen molar-refractivity contribution in [2.45, 2.75) is 51.3 Å². The van der Waals surface area contributed by atoms with Crippen LogP contribution in [0.5, 0.6) is 5.75 Å². The lowest BCUT2D eigenvalue weighted by Crippen LogP contribution is -2.32. The largest absolute Gasteiger partial charge is 0.494 e. The fraction of sp³-hybridized carbons (Fsp3) is 0.625. The van der Waals surface area contributed by atoms with Gasteiger partial charge in [-0.25, -0.2) is 8.42 Å². The van der Waals surface area contributed by atoms with Gasteiger partial charge >= 0.3 is 0 Å². The van der Waals surface area contributed by atoms with Crippen molar-refractivity contribution in [1.82, 2.24) is 4.31 Å². The van der Waals surface area contributed by atoms with Crippen LogP contribution in [0.4, 0.5) is 0 Å². The van der Waals surface area contributed by atoms with Crippen LogP contribution in [-0.2, 0) is 10.0 Å². The molecule has 0 N–H and O–H groups in total. The van der Waals surface area contributed by atoms with Crippen LogP contribution < -0.4 is 4.74 Å². The smallest absolute Gasteiger partial charge is 0.243 e. The molecule has 1 aliphatic rings. The van der Waals surface area contributed by atoms with Crippen molar-refractivity contribution in [3.63, 3.8) is 0 Å². The molecule has 0 radical (unpaired) electrons. The van der Waals surface area contributed by atoms with E-state index in [1.165, 1.54) is 0 Å². The average Bonchev–Trinajstić information content (AvgIpc) is 2.73. The summed E-state index contributed by atoms with van der Waals surface area (Å²) < 4.78 is 32.9. The maximum absolute atomic E-state index is 12.9. The molecule has 0 unspecified atom stereocenters. The van der Waals surface area contributed by atoms with E-state index in [9.17, 15) is 8.42 Å². The van der Waals surface area contributed by atoms with E-state index in [4.69, 9.17) is 4.74 Å². The summed E-state index contributed by atoms with van der Waals surface area (Å²) in [7, 11) is -3.39. The lowest BCUT2D eigenvalue weighted by Gasteiger charge is -2.22. The Morgan fingerprint density at radius 1 is 1.05 bits per heavy atom. The minimum Gasteiger partial charge on any atom is -0.494 e. The van der Waals surface area contributed by atoms with Crippen LogP contribution in [0.1, 0.15) is 43.7 Å². The van der Waals surface area contributed by atoms with Gasteiger partial charge in [0, 0.05) is 13.1 Å². The minimum atomic E-state index is -3.39. The van der Waals surface area contributed by atoms with Gasteiger partial charge in [0.05, 0.1) is 11.5 Å². The number of hydrogen-bond acceptors (Lipinski definition) is 3. The lowest BCUT2D eigenvalue weighted by molar-refractivity contribution is 0.337. The number of ether oxygens (including phenoxy) is 1. The van der Waals surface area contributed by atoms with E-state index >= 15 is 0 Å². The zero-order valence-corrected chi connectivity index (χ0v) is 14.0. The number of benzene rings is 1. The fourth-order valence-corrected chi connectivity index (χ4v) is 4.58. The highest BCUT2D eigenvalue weighted by atomic mass is 32.2. The monoisotopic (exact) mass is 311 g/mol. The van der Waals surface area contributed by atoms with Crippen molar-refractivity contribution < 1.29 is 13.2 Å². The zero-order valence-electron chi connectivity index (χ0n) is 13.2. The van der Waals surface area contributed by atoms with Crippen LogP contribution in [-0.4, -0.2) is 32.4 Å². The maximum Gasteiger partial charge on any atom is 0.243 e. The topological polar surface area (TPSA) is 46.6 Å². The van der Waals surface area contributed by atoms with Crippen LogP contribution in [0.15, 0.2) is 17.0 Å². The van der Waals surface area contributed by atoms with Crippen molar-refractivity contribution in [3.8, 4) is 5.75 Å². The van der Waals surface area contributed by atoms with Crippen LogP contribution >= 0.6 is 0 Å². The third-order valence-corrected chi connectivity index (χ3v) is 6.21. The summed E-state index contributed by atoms with van der Waals surface area (Å²) in [6.07, 6.45) is 4.14. The molecule has 0 amide bonds. The van der Waals surface area contributed by atoms with Gasteiger partial charge in [-0.05, 0) is 56.9 Å². The Hall–Kier alpha value is -1.07. The molecule has 0 aromatic heterocycles. The first kappa shape index (κ1) is 16.3. The highest BCUT2D eigenvalue weighted by Crippen LogP contribution is 2.29. The normalized spacial score (nSPS) is 17.5. The molecule has 118 valence electrons. The summed E-state index contributed by atoms with van der Waals surface area (Å²) in [6, 6.07) is 3.46. The SMILES string of the molecule is CCOc1ccc(S(=O)(=O)N2CCCCCC2)c(C)c1C. The molecule has 0 aliphatic carbocycles. The number of rotatable bonds is 4.